The fourth-order valence-electron chi connectivity index (χ4n) is 3.09. The van der Waals surface area contributed by atoms with Crippen LogP contribution in [0.3, 0.4) is 0 Å². The number of amides is 1. The minimum atomic E-state index is -0.0654. The molecule has 1 aliphatic heterocycles. The zero-order valence-electron chi connectivity index (χ0n) is 14.5. The molecule has 1 aromatic carbocycles. The maximum Gasteiger partial charge on any atom is 0.274 e. The monoisotopic (exact) mass is 349 g/mol. The molecule has 4 rings (SSSR count). The van der Waals surface area contributed by atoms with Gasteiger partial charge in [-0.05, 0) is 30.2 Å². The Labute approximate surface area is 151 Å². The normalized spacial score (nSPS) is 14.6. The molecule has 3 heterocycles. The number of carbonyl (C=O) groups is 2. The average Bonchev–Trinajstić information content (AvgIpc) is 3.11. The molecule has 0 unspecified atom stereocenters. The summed E-state index contributed by atoms with van der Waals surface area (Å²) in [6, 6.07) is 11.4. The van der Waals surface area contributed by atoms with Crippen LogP contribution < -0.4 is 0 Å². The molecule has 1 fully saturated rings. The van der Waals surface area contributed by atoms with Crippen molar-refractivity contribution in [3.63, 3.8) is 0 Å². The number of imidazole rings is 1. The van der Waals surface area contributed by atoms with Gasteiger partial charge in [-0.3, -0.25) is 9.59 Å². The van der Waals surface area contributed by atoms with Gasteiger partial charge in [-0.25, -0.2) is 4.98 Å². The molecule has 0 N–H and O–H groups in total. The zero-order valence-corrected chi connectivity index (χ0v) is 14.5. The van der Waals surface area contributed by atoms with Gasteiger partial charge in [0.05, 0.1) is 13.2 Å². The van der Waals surface area contributed by atoms with Crippen molar-refractivity contribution < 1.29 is 14.3 Å². The molecular weight excluding hydrogens is 330 g/mol. The van der Waals surface area contributed by atoms with Crippen LogP contribution in [-0.4, -0.2) is 52.3 Å². The Morgan fingerprint density at radius 2 is 1.65 bits per heavy atom. The third kappa shape index (κ3) is 3.11. The minimum Gasteiger partial charge on any atom is -0.378 e. The van der Waals surface area contributed by atoms with E-state index in [4.69, 9.17) is 4.74 Å². The van der Waals surface area contributed by atoms with Crippen molar-refractivity contribution in [2.75, 3.05) is 26.3 Å². The Balaban J connectivity index is 1.63. The average molecular weight is 349 g/mol. The number of pyridine rings is 1. The lowest BCUT2D eigenvalue weighted by Gasteiger charge is -2.25. The van der Waals surface area contributed by atoms with Crippen LogP contribution in [0.25, 0.3) is 16.8 Å². The van der Waals surface area contributed by atoms with E-state index in [0.29, 0.717) is 37.6 Å². The first-order chi connectivity index (χ1) is 12.6. The molecule has 0 atom stereocenters. The summed E-state index contributed by atoms with van der Waals surface area (Å²) in [5.41, 5.74) is 3.86. The van der Waals surface area contributed by atoms with Crippen LogP contribution in [0.2, 0.25) is 0 Å². The van der Waals surface area contributed by atoms with Crippen molar-refractivity contribution in [1.29, 1.82) is 0 Å². The van der Waals surface area contributed by atoms with Gasteiger partial charge in [0.15, 0.2) is 5.78 Å². The third-order valence-corrected chi connectivity index (χ3v) is 4.59. The van der Waals surface area contributed by atoms with Gasteiger partial charge in [0.1, 0.15) is 11.3 Å². The lowest BCUT2D eigenvalue weighted by molar-refractivity contribution is 0.0299. The first kappa shape index (κ1) is 16.5. The maximum atomic E-state index is 12.6. The Bertz CT molecular complexity index is 970. The third-order valence-electron chi connectivity index (χ3n) is 4.59. The predicted molar refractivity (Wildman–Crippen MR) is 97.4 cm³/mol. The molecule has 0 bridgehead atoms. The van der Waals surface area contributed by atoms with E-state index in [1.807, 2.05) is 47.0 Å². The molecule has 1 aliphatic rings. The largest absolute Gasteiger partial charge is 0.378 e. The number of ketones is 1. The summed E-state index contributed by atoms with van der Waals surface area (Å²) >= 11 is 0. The maximum absolute atomic E-state index is 12.6. The SMILES string of the molecule is CC(=O)c1ccc(-c2ccc3nc(C(=O)N4CCOCC4)cn3c2)cc1. The Morgan fingerprint density at radius 1 is 0.962 bits per heavy atom. The molecule has 3 aromatic rings. The highest BCUT2D eigenvalue weighted by molar-refractivity contribution is 5.94. The van der Waals surface area contributed by atoms with Crippen molar-refractivity contribution in [2.24, 2.45) is 0 Å². The van der Waals surface area contributed by atoms with Crippen LogP contribution in [0, 0.1) is 0 Å². The van der Waals surface area contributed by atoms with Crippen LogP contribution in [0.4, 0.5) is 0 Å². The number of hydrogen-bond acceptors (Lipinski definition) is 4. The molecule has 0 aliphatic carbocycles. The van der Waals surface area contributed by atoms with E-state index < -0.39 is 0 Å². The highest BCUT2D eigenvalue weighted by atomic mass is 16.5. The molecule has 0 saturated carbocycles. The number of Topliss-reactive ketones (excluding diaryl/α,β-unsaturated/α-hetero) is 1. The summed E-state index contributed by atoms with van der Waals surface area (Å²) in [7, 11) is 0. The second-order valence-corrected chi connectivity index (χ2v) is 6.35. The van der Waals surface area contributed by atoms with Gasteiger partial charge in [-0.1, -0.05) is 24.3 Å². The number of carbonyl (C=O) groups excluding carboxylic acids is 2. The number of morpholine rings is 1. The van der Waals surface area contributed by atoms with E-state index in [2.05, 4.69) is 4.98 Å². The molecule has 1 saturated heterocycles. The van der Waals surface area contributed by atoms with Crippen LogP contribution in [0.5, 0.6) is 0 Å². The van der Waals surface area contributed by atoms with Gasteiger partial charge in [-0.2, -0.15) is 0 Å². The summed E-state index contributed by atoms with van der Waals surface area (Å²) in [5, 5.41) is 0. The van der Waals surface area contributed by atoms with Crippen LogP contribution >= 0.6 is 0 Å². The molecule has 132 valence electrons. The fraction of sp³-hybridized carbons (Fsp3) is 0.250. The predicted octanol–water partition coefficient (Wildman–Crippen LogP) is 2.68. The molecular formula is C20H19N3O3. The van der Waals surface area contributed by atoms with Gasteiger partial charge in [0, 0.05) is 31.0 Å². The van der Waals surface area contributed by atoms with Gasteiger partial charge in [0.25, 0.3) is 5.91 Å². The Morgan fingerprint density at radius 3 is 2.35 bits per heavy atom. The van der Waals surface area contributed by atoms with E-state index >= 15 is 0 Å². The number of fused-ring (bicyclic) bond motifs is 1. The summed E-state index contributed by atoms with van der Waals surface area (Å²) < 4.78 is 7.15. The van der Waals surface area contributed by atoms with E-state index in [1.54, 1.807) is 18.0 Å². The number of nitrogens with zero attached hydrogens (tertiary/aromatic N) is 3. The van der Waals surface area contributed by atoms with E-state index in [1.165, 1.54) is 0 Å². The summed E-state index contributed by atoms with van der Waals surface area (Å²) in [5.74, 6) is -0.0164. The van der Waals surface area contributed by atoms with Crippen molar-refractivity contribution in [2.45, 2.75) is 6.92 Å². The van der Waals surface area contributed by atoms with Crippen LogP contribution in [0.1, 0.15) is 27.8 Å². The number of ether oxygens (including phenoxy) is 1. The Hall–Kier alpha value is -2.99. The molecule has 1 amide bonds. The second-order valence-electron chi connectivity index (χ2n) is 6.35. The quantitative estimate of drug-likeness (QED) is 0.682. The van der Waals surface area contributed by atoms with E-state index in [9.17, 15) is 9.59 Å². The van der Waals surface area contributed by atoms with E-state index in [-0.39, 0.29) is 11.7 Å². The summed E-state index contributed by atoms with van der Waals surface area (Å²) in [6.45, 7) is 3.89. The molecule has 26 heavy (non-hydrogen) atoms. The van der Waals surface area contributed by atoms with Gasteiger partial charge < -0.3 is 14.0 Å². The second kappa shape index (κ2) is 6.72. The number of aromatic nitrogens is 2. The number of rotatable bonds is 3. The minimum absolute atomic E-state index is 0.0490. The smallest absolute Gasteiger partial charge is 0.274 e. The van der Waals surface area contributed by atoms with E-state index in [0.717, 1.165) is 16.8 Å². The zero-order chi connectivity index (χ0) is 18.1. The highest BCUT2D eigenvalue weighted by Crippen LogP contribution is 2.21. The first-order valence-electron chi connectivity index (χ1n) is 8.59. The van der Waals surface area contributed by atoms with Crippen LogP contribution in [-0.2, 0) is 4.74 Å². The number of benzene rings is 1. The van der Waals surface area contributed by atoms with Gasteiger partial charge in [0.2, 0.25) is 0 Å². The molecule has 6 heteroatoms. The standard InChI is InChI=1S/C20H19N3O3/c1-14(24)15-2-4-16(5-3-15)17-6-7-19-21-18(13-23(19)12-17)20(25)22-8-10-26-11-9-22/h2-7,12-13H,8-11H2,1H3. The molecule has 6 nitrogen and oxygen atoms in total. The van der Waals surface area contributed by atoms with Crippen molar-refractivity contribution >= 4 is 17.3 Å². The fourth-order valence-corrected chi connectivity index (χ4v) is 3.09. The van der Waals surface area contributed by atoms with Gasteiger partial charge >= 0.3 is 0 Å². The summed E-state index contributed by atoms with van der Waals surface area (Å²) in [6.07, 6.45) is 3.71. The highest BCUT2D eigenvalue weighted by Gasteiger charge is 2.21. The lowest BCUT2D eigenvalue weighted by Crippen LogP contribution is -2.40. The lowest BCUT2D eigenvalue weighted by atomic mass is 10.0. The molecule has 2 aromatic heterocycles. The van der Waals surface area contributed by atoms with Crippen LogP contribution in [0.15, 0.2) is 48.8 Å². The Kier molecular flexibility index (Phi) is 4.26. The van der Waals surface area contributed by atoms with Gasteiger partial charge in [-0.15, -0.1) is 0 Å². The molecule has 0 spiro atoms. The van der Waals surface area contributed by atoms with Crippen molar-refractivity contribution in [3.05, 3.63) is 60.0 Å². The molecule has 0 radical (unpaired) electrons. The van der Waals surface area contributed by atoms with Crippen molar-refractivity contribution in [3.8, 4) is 11.1 Å². The van der Waals surface area contributed by atoms with Crippen molar-refractivity contribution in [1.82, 2.24) is 14.3 Å². The number of hydrogen-bond donors (Lipinski definition) is 0. The summed E-state index contributed by atoms with van der Waals surface area (Å²) in [4.78, 5) is 30.2. The topological polar surface area (TPSA) is 63.9 Å². The first-order valence-corrected chi connectivity index (χ1v) is 8.59.